The third-order valence-corrected chi connectivity index (χ3v) is 3.39. The van der Waals surface area contributed by atoms with Crippen molar-refractivity contribution < 1.29 is 0 Å². The van der Waals surface area contributed by atoms with E-state index in [1.165, 1.54) is 32.2 Å². The third kappa shape index (κ3) is 0.969. The predicted octanol–water partition coefficient (Wildman–Crippen LogP) is 3.26. The first-order valence-corrected chi connectivity index (χ1v) is 5.56. The summed E-state index contributed by atoms with van der Waals surface area (Å²) in [6.45, 7) is 4.32. The van der Waals surface area contributed by atoms with Gasteiger partial charge in [0.05, 0.1) is 0 Å². The summed E-state index contributed by atoms with van der Waals surface area (Å²) >= 11 is 0. The molecule has 0 N–H and O–H groups in total. The molecule has 3 aromatic carbocycles. The molecule has 0 aliphatic carbocycles. The van der Waals surface area contributed by atoms with E-state index in [1.54, 1.807) is 0 Å². The quantitative estimate of drug-likeness (QED) is 0.380. The van der Waals surface area contributed by atoms with E-state index in [0.29, 0.717) is 0 Å². The van der Waals surface area contributed by atoms with E-state index in [4.69, 9.17) is 0 Å². The van der Waals surface area contributed by atoms with Crippen molar-refractivity contribution in [1.82, 2.24) is 0 Å². The van der Waals surface area contributed by atoms with Gasteiger partial charge in [0.25, 0.3) is 0 Å². The molecule has 0 aliphatic heterocycles. The summed E-state index contributed by atoms with van der Waals surface area (Å²) in [5.74, 6) is 2.19. The average molecular weight is 198 g/mol. The van der Waals surface area contributed by atoms with Crippen molar-refractivity contribution in [3.8, 4) is 0 Å². The standard InChI is InChI=1S/C14H8B2/c1-2-9-4-5-11-8-15-16-12-7-6-10(3-1)13(9)14(11)12/h1-8H. The van der Waals surface area contributed by atoms with E-state index in [0.717, 1.165) is 0 Å². The van der Waals surface area contributed by atoms with Crippen molar-refractivity contribution in [2.45, 2.75) is 0 Å². The van der Waals surface area contributed by atoms with Gasteiger partial charge in [0.2, 0.25) is 0 Å². The Kier molecular flexibility index (Phi) is 1.54. The number of hydrogen-bond donors (Lipinski definition) is 0. The minimum absolute atomic E-state index is 1.34. The van der Waals surface area contributed by atoms with Gasteiger partial charge in [-0.3, -0.25) is 0 Å². The van der Waals surface area contributed by atoms with Gasteiger partial charge in [-0.2, -0.15) is 0 Å². The van der Waals surface area contributed by atoms with E-state index >= 15 is 0 Å². The van der Waals surface area contributed by atoms with E-state index in [-0.39, 0.29) is 0 Å². The molecule has 70 valence electrons. The molecule has 0 aliphatic rings. The van der Waals surface area contributed by atoms with Crippen LogP contribution in [0.3, 0.4) is 0 Å². The van der Waals surface area contributed by atoms with E-state index < -0.39 is 0 Å². The second kappa shape index (κ2) is 2.91. The van der Waals surface area contributed by atoms with Gasteiger partial charge in [0, 0.05) is 0 Å². The maximum absolute atomic E-state index is 2.21. The second-order valence-corrected chi connectivity index (χ2v) is 4.29. The van der Waals surface area contributed by atoms with Crippen LogP contribution in [0.15, 0.2) is 48.4 Å². The molecule has 4 aromatic rings. The minimum atomic E-state index is 1.34. The summed E-state index contributed by atoms with van der Waals surface area (Å²) in [5, 5.41) is 8.14. The molecule has 0 bridgehead atoms. The van der Waals surface area contributed by atoms with Crippen LogP contribution in [0.5, 0.6) is 0 Å². The van der Waals surface area contributed by atoms with Gasteiger partial charge >= 0.3 is 94.2 Å². The Morgan fingerprint density at radius 3 is 2.31 bits per heavy atom. The Bertz CT molecular complexity index is 675. The predicted molar refractivity (Wildman–Crippen MR) is 72.8 cm³/mol. The number of benzene rings is 3. The molecule has 1 heterocycles. The van der Waals surface area contributed by atoms with Crippen LogP contribution < -0.4 is 0 Å². The molecule has 0 fully saturated rings. The Morgan fingerprint density at radius 2 is 1.44 bits per heavy atom. The van der Waals surface area contributed by atoms with Crippen molar-refractivity contribution >= 4 is 45.8 Å². The Hall–Kier alpha value is -1.69. The maximum atomic E-state index is 2.21. The molecule has 4 rings (SSSR count). The summed E-state index contributed by atoms with van der Waals surface area (Å²) < 4.78 is 0. The molecular weight excluding hydrogens is 190 g/mol. The zero-order chi connectivity index (χ0) is 10.5. The van der Waals surface area contributed by atoms with Crippen LogP contribution in [-0.2, 0) is 0 Å². The van der Waals surface area contributed by atoms with Crippen molar-refractivity contribution in [3.05, 3.63) is 48.4 Å². The molecule has 1 aromatic heterocycles. The van der Waals surface area contributed by atoms with E-state index in [2.05, 4.69) is 62.0 Å². The average Bonchev–Trinajstić information content (AvgIpc) is 2.36. The molecular formula is C14H8B2. The van der Waals surface area contributed by atoms with Gasteiger partial charge in [0.1, 0.15) is 0 Å². The fourth-order valence-electron chi connectivity index (χ4n) is 2.67. The molecule has 0 nitrogen and oxygen atoms in total. The zero-order valence-corrected chi connectivity index (χ0v) is 8.77. The van der Waals surface area contributed by atoms with E-state index in [9.17, 15) is 0 Å². The summed E-state index contributed by atoms with van der Waals surface area (Å²) in [6, 6.07) is 15.4. The molecule has 0 saturated carbocycles. The third-order valence-electron chi connectivity index (χ3n) is 3.39. The van der Waals surface area contributed by atoms with Gasteiger partial charge in [-0.25, -0.2) is 0 Å². The summed E-state index contributed by atoms with van der Waals surface area (Å²) in [4.78, 5) is 0. The van der Waals surface area contributed by atoms with Crippen LogP contribution >= 0.6 is 0 Å². The molecule has 0 radical (unpaired) electrons. The van der Waals surface area contributed by atoms with Crippen molar-refractivity contribution in [3.63, 3.8) is 0 Å². The normalized spacial score (nSPS) is 11.2. The molecule has 2 heteroatoms. The number of hydrogen-bond acceptors (Lipinski definition) is 0. The van der Waals surface area contributed by atoms with Crippen LogP contribution in [0.4, 0.5) is 0 Å². The first kappa shape index (κ1) is 8.46. The van der Waals surface area contributed by atoms with Gasteiger partial charge in [0.15, 0.2) is 0 Å². The Morgan fingerprint density at radius 1 is 0.688 bits per heavy atom. The van der Waals surface area contributed by atoms with Gasteiger partial charge < -0.3 is 0 Å². The fraction of sp³-hybridized carbons (Fsp3) is 0. The number of rotatable bonds is 0. The first-order valence-electron chi connectivity index (χ1n) is 5.56. The van der Waals surface area contributed by atoms with Crippen LogP contribution in [0, 0.1) is 0 Å². The molecule has 16 heavy (non-hydrogen) atoms. The Balaban J connectivity index is 2.51. The fourth-order valence-corrected chi connectivity index (χ4v) is 2.67. The monoisotopic (exact) mass is 198 g/mol. The van der Waals surface area contributed by atoms with Crippen LogP contribution in [0.1, 0.15) is 0 Å². The van der Waals surface area contributed by atoms with Gasteiger partial charge in [-0.05, 0) is 0 Å². The van der Waals surface area contributed by atoms with Crippen molar-refractivity contribution in [1.29, 1.82) is 0 Å². The summed E-state index contributed by atoms with van der Waals surface area (Å²) in [7, 11) is 0. The van der Waals surface area contributed by atoms with Crippen LogP contribution in [0.25, 0.3) is 32.2 Å². The second-order valence-electron chi connectivity index (χ2n) is 4.29. The zero-order valence-electron chi connectivity index (χ0n) is 8.77. The molecule has 0 atom stereocenters. The summed E-state index contributed by atoms with van der Waals surface area (Å²) in [5.41, 5.74) is 0. The van der Waals surface area contributed by atoms with E-state index in [1.807, 2.05) is 0 Å². The van der Waals surface area contributed by atoms with Crippen molar-refractivity contribution in [2.24, 2.45) is 0 Å². The molecule has 0 unspecified atom stereocenters. The van der Waals surface area contributed by atoms with Gasteiger partial charge in [-0.15, -0.1) is 0 Å². The first-order chi connectivity index (χ1) is 7.93. The molecule has 0 amide bonds. The molecule has 0 saturated heterocycles. The Labute approximate surface area is 94.6 Å². The topological polar surface area (TPSA) is 0 Å². The molecule has 0 spiro atoms. The SMILES string of the molecule is b1bc2ccc3cccc4ccc(c1)c2c34. The van der Waals surface area contributed by atoms with Gasteiger partial charge in [-0.1, -0.05) is 0 Å². The van der Waals surface area contributed by atoms with Crippen molar-refractivity contribution in [2.75, 3.05) is 0 Å². The van der Waals surface area contributed by atoms with Crippen LogP contribution in [-0.4, -0.2) is 13.6 Å². The van der Waals surface area contributed by atoms with Crippen LogP contribution in [0.2, 0.25) is 0 Å². The summed E-state index contributed by atoms with van der Waals surface area (Å²) in [6.07, 6.45) is 0.